The molecule has 152 valence electrons. The molecule has 2 rings (SSSR count). The van der Waals surface area contributed by atoms with E-state index in [1.54, 1.807) is 6.07 Å². The summed E-state index contributed by atoms with van der Waals surface area (Å²) < 4.78 is 45.0. The van der Waals surface area contributed by atoms with Crippen molar-refractivity contribution in [2.24, 2.45) is 4.99 Å². The lowest BCUT2D eigenvalue weighted by Crippen LogP contribution is -2.48. The summed E-state index contributed by atoms with van der Waals surface area (Å²) in [5, 5.41) is 6.54. The highest BCUT2D eigenvalue weighted by atomic mass is 19.4. The minimum absolute atomic E-state index is 0.167. The molecule has 1 saturated heterocycles. The predicted molar refractivity (Wildman–Crippen MR) is 102 cm³/mol. The molecule has 27 heavy (non-hydrogen) atoms. The quantitative estimate of drug-likeness (QED) is 0.606. The third-order valence-electron chi connectivity index (χ3n) is 4.63. The summed E-state index contributed by atoms with van der Waals surface area (Å²) in [5.74, 6) is 0.669. The van der Waals surface area contributed by atoms with Gasteiger partial charge in [-0.1, -0.05) is 18.2 Å². The normalized spacial score (nSPS) is 18.3. The van der Waals surface area contributed by atoms with E-state index in [0.717, 1.165) is 6.07 Å². The molecular formula is C20H30F3N3O. The number of alkyl halides is 3. The first kappa shape index (κ1) is 21.5. The zero-order valence-corrected chi connectivity index (χ0v) is 16.5. The second kappa shape index (κ2) is 8.50. The average molecular weight is 385 g/mol. The fourth-order valence-electron chi connectivity index (χ4n) is 3.22. The van der Waals surface area contributed by atoms with Gasteiger partial charge in [0.2, 0.25) is 0 Å². The molecule has 0 aromatic heterocycles. The van der Waals surface area contributed by atoms with Crippen LogP contribution in [-0.4, -0.2) is 37.8 Å². The minimum Gasteiger partial charge on any atom is -0.381 e. The highest BCUT2D eigenvalue weighted by Gasteiger charge is 2.37. The van der Waals surface area contributed by atoms with Gasteiger partial charge in [0.15, 0.2) is 5.96 Å². The molecule has 0 aliphatic carbocycles. The Labute approximate surface area is 159 Å². The van der Waals surface area contributed by atoms with E-state index in [4.69, 9.17) is 9.73 Å². The molecule has 7 heteroatoms. The molecule has 1 aliphatic rings. The van der Waals surface area contributed by atoms with Crippen LogP contribution in [-0.2, 0) is 16.3 Å². The number of hydrogen-bond donors (Lipinski definition) is 2. The molecule has 1 aromatic carbocycles. The summed E-state index contributed by atoms with van der Waals surface area (Å²) in [6, 6.07) is 5.65. The molecule has 2 N–H and O–H groups in total. The topological polar surface area (TPSA) is 45.7 Å². The van der Waals surface area contributed by atoms with Crippen LogP contribution in [0.1, 0.15) is 51.7 Å². The van der Waals surface area contributed by atoms with Crippen LogP contribution in [0.5, 0.6) is 0 Å². The Bertz CT molecular complexity index is 645. The van der Waals surface area contributed by atoms with Crippen LogP contribution < -0.4 is 10.6 Å². The lowest BCUT2D eigenvalue weighted by molar-refractivity contribution is -0.137. The molecule has 4 nitrogen and oxygen atoms in total. The van der Waals surface area contributed by atoms with E-state index in [1.165, 1.54) is 12.1 Å². The first-order valence-corrected chi connectivity index (χ1v) is 9.38. The van der Waals surface area contributed by atoms with Gasteiger partial charge < -0.3 is 15.4 Å². The Morgan fingerprint density at radius 2 is 1.85 bits per heavy atom. The van der Waals surface area contributed by atoms with Gasteiger partial charge in [0.05, 0.1) is 12.1 Å². The van der Waals surface area contributed by atoms with Crippen LogP contribution in [0.25, 0.3) is 0 Å². The molecule has 1 fully saturated rings. The molecule has 0 saturated carbocycles. The number of halogens is 3. The van der Waals surface area contributed by atoms with Crippen molar-refractivity contribution in [3.8, 4) is 0 Å². The summed E-state index contributed by atoms with van der Waals surface area (Å²) in [7, 11) is 0. The Morgan fingerprint density at radius 1 is 1.19 bits per heavy atom. The van der Waals surface area contributed by atoms with Gasteiger partial charge in [0, 0.05) is 30.7 Å². The van der Waals surface area contributed by atoms with Crippen LogP contribution in [0.4, 0.5) is 13.2 Å². The van der Waals surface area contributed by atoms with Gasteiger partial charge >= 0.3 is 6.18 Å². The minimum atomic E-state index is -4.35. The lowest BCUT2D eigenvalue weighted by atomic mass is 9.74. The zero-order valence-electron chi connectivity index (χ0n) is 16.5. The molecule has 0 amide bonds. The van der Waals surface area contributed by atoms with Crippen molar-refractivity contribution in [2.45, 2.75) is 57.7 Å². The number of nitrogens with zero attached hydrogens (tertiary/aromatic N) is 1. The van der Waals surface area contributed by atoms with Crippen molar-refractivity contribution < 1.29 is 17.9 Å². The van der Waals surface area contributed by atoms with Gasteiger partial charge in [-0.15, -0.1) is 0 Å². The SMILES string of the molecule is CCNC(=NCC1(c2cccc(C(F)(F)F)c2)CCOCC1)NC(C)(C)C. The summed E-state index contributed by atoms with van der Waals surface area (Å²) >= 11 is 0. The Balaban J connectivity index is 2.35. The summed E-state index contributed by atoms with van der Waals surface area (Å²) in [6.45, 7) is 10.3. The van der Waals surface area contributed by atoms with E-state index in [2.05, 4.69) is 10.6 Å². The van der Waals surface area contributed by atoms with E-state index in [-0.39, 0.29) is 5.54 Å². The van der Waals surface area contributed by atoms with Crippen LogP contribution in [0.3, 0.4) is 0 Å². The fourth-order valence-corrected chi connectivity index (χ4v) is 3.22. The molecule has 1 aromatic rings. The van der Waals surface area contributed by atoms with Gasteiger partial charge in [-0.3, -0.25) is 4.99 Å². The highest BCUT2D eigenvalue weighted by molar-refractivity contribution is 5.80. The van der Waals surface area contributed by atoms with E-state index in [9.17, 15) is 13.2 Å². The monoisotopic (exact) mass is 385 g/mol. The first-order chi connectivity index (χ1) is 12.6. The smallest absolute Gasteiger partial charge is 0.381 e. The van der Waals surface area contributed by atoms with Gasteiger partial charge in [0.25, 0.3) is 0 Å². The third-order valence-corrected chi connectivity index (χ3v) is 4.63. The number of guanidine groups is 1. The van der Waals surface area contributed by atoms with E-state index in [1.807, 2.05) is 27.7 Å². The number of nitrogens with one attached hydrogen (secondary N) is 2. The van der Waals surface area contributed by atoms with Gasteiger partial charge in [-0.05, 0) is 52.2 Å². The van der Waals surface area contributed by atoms with E-state index >= 15 is 0 Å². The number of benzene rings is 1. The van der Waals surface area contributed by atoms with Crippen LogP contribution in [0.15, 0.2) is 29.3 Å². The molecule has 0 atom stereocenters. The largest absolute Gasteiger partial charge is 0.416 e. The molecule has 0 spiro atoms. The van der Waals surface area contributed by atoms with E-state index < -0.39 is 17.2 Å². The maximum atomic E-state index is 13.2. The summed E-state index contributed by atoms with van der Waals surface area (Å²) in [4.78, 5) is 4.72. The number of aliphatic imine (C=N–C) groups is 1. The molecule has 1 aliphatic heterocycles. The van der Waals surface area contributed by atoms with E-state index in [0.29, 0.717) is 50.7 Å². The fraction of sp³-hybridized carbons (Fsp3) is 0.650. The predicted octanol–water partition coefficient (Wildman–Crippen LogP) is 4.11. The number of ether oxygens (including phenoxy) is 1. The van der Waals surface area contributed by atoms with Gasteiger partial charge in [-0.25, -0.2) is 0 Å². The first-order valence-electron chi connectivity index (χ1n) is 9.38. The van der Waals surface area contributed by atoms with Crippen molar-refractivity contribution in [1.29, 1.82) is 0 Å². The maximum absolute atomic E-state index is 13.2. The number of hydrogen-bond acceptors (Lipinski definition) is 2. The van der Waals surface area contributed by atoms with Crippen molar-refractivity contribution in [3.05, 3.63) is 35.4 Å². The average Bonchev–Trinajstić information content (AvgIpc) is 2.59. The second-order valence-electron chi connectivity index (χ2n) is 8.04. The second-order valence-corrected chi connectivity index (χ2v) is 8.04. The highest BCUT2D eigenvalue weighted by Crippen LogP contribution is 2.38. The lowest BCUT2D eigenvalue weighted by Gasteiger charge is -2.37. The van der Waals surface area contributed by atoms with Crippen LogP contribution in [0.2, 0.25) is 0 Å². The van der Waals surface area contributed by atoms with Gasteiger partial charge in [0.1, 0.15) is 0 Å². The third kappa shape index (κ3) is 6.13. The number of rotatable bonds is 4. The van der Waals surface area contributed by atoms with Crippen LogP contribution in [0, 0.1) is 0 Å². The Hall–Kier alpha value is -1.76. The molecule has 1 heterocycles. The molecule has 0 radical (unpaired) electrons. The van der Waals surface area contributed by atoms with Crippen molar-refractivity contribution in [2.75, 3.05) is 26.3 Å². The molecule has 0 unspecified atom stereocenters. The Kier molecular flexibility index (Phi) is 6.78. The molecular weight excluding hydrogens is 355 g/mol. The maximum Gasteiger partial charge on any atom is 0.416 e. The zero-order chi connectivity index (χ0) is 20.1. The Morgan fingerprint density at radius 3 is 2.41 bits per heavy atom. The summed E-state index contributed by atoms with van der Waals surface area (Å²) in [6.07, 6.45) is -3.06. The van der Waals surface area contributed by atoms with Crippen LogP contribution >= 0.6 is 0 Å². The van der Waals surface area contributed by atoms with Crippen molar-refractivity contribution in [3.63, 3.8) is 0 Å². The molecule has 0 bridgehead atoms. The van der Waals surface area contributed by atoms with Gasteiger partial charge in [-0.2, -0.15) is 13.2 Å². The standard InChI is InChI=1S/C20H30F3N3O/c1-5-24-17(26-18(2,3)4)25-14-19(9-11-27-12-10-19)15-7-6-8-16(13-15)20(21,22)23/h6-8,13H,5,9-12,14H2,1-4H3,(H2,24,25,26). The van der Waals surface area contributed by atoms with Crippen molar-refractivity contribution >= 4 is 5.96 Å². The van der Waals surface area contributed by atoms with Crippen molar-refractivity contribution in [1.82, 2.24) is 10.6 Å². The summed E-state index contributed by atoms with van der Waals surface area (Å²) in [5.41, 5.74) is -0.565.